The minimum Gasteiger partial charge on any atom is -0.339 e. The van der Waals surface area contributed by atoms with Crippen molar-refractivity contribution in [3.63, 3.8) is 0 Å². The van der Waals surface area contributed by atoms with Gasteiger partial charge in [0.25, 0.3) is 5.91 Å². The highest BCUT2D eigenvalue weighted by Crippen LogP contribution is 2.33. The molecule has 1 saturated heterocycles. The van der Waals surface area contributed by atoms with Crippen molar-refractivity contribution >= 4 is 38.2 Å². The van der Waals surface area contributed by atoms with E-state index < -0.39 is 9.84 Å². The quantitative estimate of drug-likeness (QED) is 0.652. The lowest BCUT2D eigenvalue weighted by molar-refractivity contribution is 0.0713. The zero-order valence-corrected chi connectivity index (χ0v) is 17.3. The van der Waals surface area contributed by atoms with Crippen molar-refractivity contribution in [1.82, 2.24) is 19.5 Å². The number of amides is 1. The van der Waals surface area contributed by atoms with E-state index in [1.165, 1.54) is 6.26 Å². The van der Waals surface area contributed by atoms with Crippen LogP contribution in [0.3, 0.4) is 0 Å². The number of aromatic nitrogens is 3. The molecule has 28 heavy (non-hydrogen) atoms. The third-order valence-corrected chi connectivity index (χ3v) is 7.61. The molecule has 0 saturated carbocycles. The van der Waals surface area contributed by atoms with Gasteiger partial charge < -0.3 is 4.90 Å². The van der Waals surface area contributed by atoms with E-state index in [0.29, 0.717) is 37.2 Å². The predicted octanol–water partition coefficient (Wildman–Crippen LogP) is 2.82. The number of likely N-dealkylation sites (tertiary alicyclic amines) is 1. The summed E-state index contributed by atoms with van der Waals surface area (Å²) in [5.41, 5.74) is 2.83. The molecule has 0 spiro atoms. The van der Waals surface area contributed by atoms with Gasteiger partial charge in [-0.2, -0.15) is 0 Å². The van der Waals surface area contributed by atoms with Crippen molar-refractivity contribution in [2.24, 2.45) is 0 Å². The first-order valence-electron chi connectivity index (χ1n) is 9.02. The average Bonchev–Trinajstić information content (AvgIpc) is 3.17. The van der Waals surface area contributed by atoms with Crippen molar-refractivity contribution < 1.29 is 13.2 Å². The van der Waals surface area contributed by atoms with E-state index in [-0.39, 0.29) is 16.0 Å². The van der Waals surface area contributed by atoms with Crippen molar-refractivity contribution in [2.45, 2.75) is 29.9 Å². The summed E-state index contributed by atoms with van der Waals surface area (Å²) in [5.74, 6) is -0.0108. The number of carbonyl (C=O) groups is 1. The molecule has 0 unspecified atom stereocenters. The molecular formula is C19H20N4O3S2. The fraction of sp³-hybridized carbons (Fsp3) is 0.368. The third-order valence-electron chi connectivity index (χ3n) is 5.06. The molecule has 1 amide bonds. The molecule has 7 nitrogen and oxygen atoms in total. The zero-order valence-electron chi connectivity index (χ0n) is 15.6. The number of piperidine rings is 1. The largest absolute Gasteiger partial charge is 0.339 e. The van der Waals surface area contributed by atoms with Gasteiger partial charge in [-0.25, -0.2) is 8.42 Å². The Bertz CT molecular complexity index is 1150. The van der Waals surface area contributed by atoms with Gasteiger partial charge in [0.15, 0.2) is 14.0 Å². The monoisotopic (exact) mass is 416 g/mol. The number of pyridine rings is 1. The second-order valence-electron chi connectivity index (χ2n) is 7.11. The van der Waals surface area contributed by atoms with Gasteiger partial charge in [0.1, 0.15) is 0 Å². The van der Waals surface area contributed by atoms with E-state index in [2.05, 4.69) is 14.6 Å². The van der Waals surface area contributed by atoms with Crippen LogP contribution in [0.1, 0.15) is 40.5 Å². The first-order chi connectivity index (χ1) is 13.3. The molecule has 0 radical (unpaired) electrons. The summed E-state index contributed by atoms with van der Waals surface area (Å²) in [6.07, 6.45) is 2.52. The first-order valence-corrected chi connectivity index (χ1v) is 11.7. The minimum absolute atomic E-state index is 0.00319. The Morgan fingerprint density at radius 3 is 2.64 bits per heavy atom. The van der Waals surface area contributed by atoms with Crippen LogP contribution in [0.5, 0.6) is 0 Å². The van der Waals surface area contributed by atoms with Gasteiger partial charge in [0.05, 0.1) is 16.8 Å². The fourth-order valence-electron chi connectivity index (χ4n) is 3.71. The standard InChI is InChI=1S/C19H20N4O3S2/c1-12-11-15(14-5-3-4-6-16(14)20-12)18(24)23-9-7-13(8-10-23)17-19(27-22-21-17)28(2,25)26/h3-6,11,13H,7-10H2,1-2H3. The van der Waals surface area contributed by atoms with E-state index in [0.717, 1.165) is 28.1 Å². The Hall–Kier alpha value is -2.39. The van der Waals surface area contributed by atoms with E-state index in [9.17, 15) is 13.2 Å². The maximum absolute atomic E-state index is 13.2. The molecule has 9 heteroatoms. The number of para-hydroxylation sites is 1. The van der Waals surface area contributed by atoms with Crippen LogP contribution in [0.2, 0.25) is 0 Å². The molecule has 0 aliphatic carbocycles. The molecule has 146 valence electrons. The van der Waals surface area contributed by atoms with Gasteiger partial charge in [0.2, 0.25) is 0 Å². The molecule has 1 fully saturated rings. The summed E-state index contributed by atoms with van der Waals surface area (Å²) < 4.78 is 27.9. The number of hydrogen-bond donors (Lipinski definition) is 0. The number of rotatable bonds is 3. The van der Waals surface area contributed by atoms with Crippen LogP contribution >= 0.6 is 11.5 Å². The summed E-state index contributed by atoms with van der Waals surface area (Å²) in [6, 6.07) is 9.48. The lowest BCUT2D eigenvalue weighted by Gasteiger charge is -2.31. The second-order valence-corrected chi connectivity index (χ2v) is 10.1. The minimum atomic E-state index is -3.34. The summed E-state index contributed by atoms with van der Waals surface area (Å²) in [5, 5.41) is 4.91. The van der Waals surface area contributed by atoms with Crippen LogP contribution in [0.25, 0.3) is 10.9 Å². The van der Waals surface area contributed by atoms with Crippen molar-refractivity contribution in [2.75, 3.05) is 19.3 Å². The smallest absolute Gasteiger partial charge is 0.254 e. The van der Waals surface area contributed by atoms with Gasteiger partial charge in [-0.3, -0.25) is 9.78 Å². The van der Waals surface area contributed by atoms with Crippen LogP contribution < -0.4 is 0 Å². The number of carbonyl (C=O) groups excluding carboxylic acids is 1. The Kier molecular flexibility index (Phi) is 4.88. The molecule has 1 aliphatic rings. The third kappa shape index (κ3) is 3.51. The van der Waals surface area contributed by atoms with Gasteiger partial charge in [-0.15, -0.1) is 5.10 Å². The first kappa shape index (κ1) is 18.9. The van der Waals surface area contributed by atoms with Gasteiger partial charge in [-0.05, 0) is 31.9 Å². The number of benzene rings is 1. The van der Waals surface area contributed by atoms with Crippen LogP contribution in [0, 0.1) is 6.92 Å². The fourth-order valence-corrected chi connectivity index (χ4v) is 5.44. The molecule has 0 atom stereocenters. The topological polar surface area (TPSA) is 93.1 Å². The summed E-state index contributed by atoms with van der Waals surface area (Å²) in [4.78, 5) is 19.5. The maximum Gasteiger partial charge on any atom is 0.254 e. The Balaban J connectivity index is 1.55. The molecule has 2 aromatic heterocycles. The molecule has 3 heterocycles. The zero-order chi connectivity index (χ0) is 19.9. The van der Waals surface area contributed by atoms with Crippen LogP contribution in [-0.2, 0) is 9.84 Å². The lowest BCUT2D eigenvalue weighted by atomic mass is 9.93. The highest BCUT2D eigenvalue weighted by atomic mass is 32.2. The SMILES string of the molecule is Cc1cc(C(=O)N2CCC(c3nnsc3S(C)(=O)=O)CC2)c2ccccc2n1. The highest BCUT2D eigenvalue weighted by molar-refractivity contribution is 7.92. The van der Waals surface area contributed by atoms with Gasteiger partial charge >= 0.3 is 0 Å². The Morgan fingerprint density at radius 2 is 1.93 bits per heavy atom. The molecule has 1 aliphatic heterocycles. The number of nitrogens with zero attached hydrogens (tertiary/aromatic N) is 4. The second kappa shape index (κ2) is 7.21. The number of fused-ring (bicyclic) bond motifs is 1. The predicted molar refractivity (Wildman–Crippen MR) is 107 cm³/mol. The van der Waals surface area contributed by atoms with Crippen LogP contribution in [-0.4, -0.2) is 53.1 Å². The Morgan fingerprint density at radius 1 is 1.21 bits per heavy atom. The number of hydrogen-bond acceptors (Lipinski definition) is 7. The van der Waals surface area contributed by atoms with Gasteiger partial charge in [-0.1, -0.05) is 22.7 Å². The number of aryl methyl sites for hydroxylation is 1. The van der Waals surface area contributed by atoms with Crippen molar-refractivity contribution in [3.8, 4) is 0 Å². The summed E-state index contributed by atoms with van der Waals surface area (Å²) in [7, 11) is -3.34. The van der Waals surface area contributed by atoms with E-state index in [1.807, 2.05) is 42.2 Å². The van der Waals surface area contributed by atoms with Gasteiger partial charge in [0, 0.05) is 47.9 Å². The van der Waals surface area contributed by atoms with E-state index in [1.54, 1.807) is 0 Å². The average molecular weight is 417 g/mol. The van der Waals surface area contributed by atoms with E-state index >= 15 is 0 Å². The maximum atomic E-state index is 13.2. The molecule has 3 aromatic rings. The van der Waals surface area contributed by atoms with Crippen LogP contribution in [0.15, 0.2) is 34.5 Å². The highest BCUT2D eigenvalue weighted by Gasteiger charge is 2.31. The molecule has 1 aromatic carbocycles. The van der Waals surface area contributed by atoms with Crippen LogP contribution in [0.4, 0.5) is 0 Å². The summed E-state index contributed by atoms with van der Waals surface area (Å²) in [6.45, 7) is 3.00. The van der Waals surface area contributed by atoms with Crippen molar-refractivity contribution in [3.05, 3.63) is 47.3 Å². The Labute approximate surface area is 167 Å². The molecular weight excluding hydrogens is 396 g/mol. The molecule has 0 N–H and O–H groups in total. The molecule has 4 rings (SSSR count). The van der Waals surface area contributed by atoms with E-state index in [4.69, 9.17) is 0 Å². The normalized spacial score (nSPS) is 15.9. The lowest BCUT2D eigenvalue weighted by Crippen LogP contribution is -2.38. The number of sulfone groups is 1. The molecule has 0 bridgehead atoms. The van der Waals surface area contributed by atoms with Crippen molar-refractivity contribution in [1.29, 1.82) is 0 Å². The summed E-state index contributed by atoms with van der Waals surface area (Å²) >= 11 is 0.921.